The molecule has 2 fully saturated rings. The molecule has 1 amide bonds. The van der Waals surface area contributed by atoms with E-state index in [9.17, 15) is 9.90 Å². The van der Waals surface area contributed by atoms with E-state index in [-0.39, 0.29) is 24.5 Å². The summed E-state index contributed by atoms with van der Waals surface area (Å²) in [5.41, 5.74) is 5.49. The number of carbonyl (C=O) groups is 1. The van der Waals surface area contributed by atoms with E-state index in [1.54, 1.807) is 0 Å². The lowest BCUT2D eigenvalue weighted by Crippen LogP contribution is -2.42. The Bertz CT molecular complexity index is 567. The Morgan fingerprint density at radius 3 is 2.71 bits per heavy atom. The maximum absolute atomic E-state index is 11.9. The van der Waals surface area contributed by atoms with Crippen molar-refractivity contribution < 1.29 is 9.90 Å². The highest BCUT2D eigenvalue weighted by Crippen LogP contribution is 2.26. The number of aliphatic hydroxyl groups excluding tert-OH is 1. The number of likely N-dealkylation sites (tertiary alicyclic amines) is 2. The molecule has 3 N–H and O–H groups in total. The molecule has 2 aliphatic heterocycles. The highest BCUT2D eigenvalue weighted by Gasteiger charge is 2.28. The van der Waals surface area contributed by atoms with Crippen LogP contribution in [0.4, 0.5) is 0 Å². The molecular weight excluding hydrogens is 308 g/mol. The standard InChI is InChI=1S/C16H28N6O2/c1-20-14(11-21-7-4-13(23)5-8-21)18-19-16(20)12-3-2-6-22(10-12)15(24)9-17/h12-13,23H,2-11,17H2,1H3. The first-order chi connectivity index (χ1) is 11.6. The van der Waals surface area contributed by atoms with E-state index in [2.05, 4.69) is 19.7 Å². The molecule has 8 heteroatoms. The van der Waals surface area contributed by atoms with Crippen LogP contribution in [0.5, 0.6) is 0 Å². The van der Waals surface area contributed by atoms with E-state index >= 15 is 0 Å². The number of nitrogens with two attached hydrogens (primary N) is 1. The van der Waals surface area contributed by atoms with Crippen LogP contribution in [0, 0.1) is 0 Å². The molecule has 3 heterocycles. The number of amides is 1. The summed E-state index contributed by atoms with van der Waals surface area (Å²) in [6.07, 6.45) is 3.48. The van der Waals surface area contributed by atoms with Gasteiger partial charge in [0.2, 0.25) is 5.91 Å². The molecule has 0 bridgehead atoms. The van der Waals surface area contributed by atoms with Crippen LogP contribution in [0.2, 0.25) is 0 Å². The summed E-state index contributed by atoms with van der Waals surface area (Å²) in [5, 5.41) is 18.4. The lowest BCUT2D eigenvalue weighted by atomic mass is 9.97. The Kier molecular flexibility index (Phi) is 5.47. The molecular formula is C16H28N6O2. The summed E-state index contributed by atoms with van der Waals surface area (Å²) in [6.45, 7) is 4.08. The second-order valence-corrected chi connectivity index (χ2v) is 6.92. The Balaban J connectivity index is 1.65. The molecule has 1 aromatic rings. The lowest BCUT2D eigenvalue weighted by Gasteiger charge is -2.32. The molecule has 0 aliphatic carbocycles. The number of aromatic nitrogens is 3. The van der Waals surface area contributed by atoms with Crippen molar-refractivity contribution in [3.63, 3.8) is 0 Å². The fourth-order valence-electron chi connectivity index (χ4n) is 3.69. The van der Waals surface area contributed by atoms with Crippen LogP contribution >= 0.6 is 0 Å². The van der Waals surface area contributed by atoms with Gasteiger partial charge >= 0.3 is 0 Å². The third-order valence-electron chi connectivity index (χ3n) is 5.23. The number of rotatable bonds is 4. The van der Waals surface area contributed by atoms with Gasteiger partial charge in [0.1, 0.15) is 11.6 Å². The second kappa shape index (κ2) is 7.58. The topological polar surface area (TPSA) is 101 Å². The summed E-state index contributed by atoms with van der Waals surface area (Å²) < 4.78 is 2.08. The smallest absolute Gasteiger partial charge is 0.236 e. The van der Waals surface area contributed by atoms with Gasteiger partial charge in [-0.05, 0) is 25.7 Å². The van der Waals surface area contributed by atoms with Gasteiger partial charge in [0.05, 0.1) is 19.2 Å². The summed E-state index contributed by atoms with van der Waals surface area (Å²) in [7, 11) is 2.01. The van der Waals surface area contributed by atoms with Gasteiger partial charge in [-0.25, -0.2) is 0 Å². The molecule has 0 saturated carbocycles. The molecule has 0 spiro atoms. The molecule has 0 radical (unpaired) electrons. The first kappa shape index (κ1) is 17.3. The van der Waals surface area contributed by atoms with Gasteiger partial charge in [0.15, 0.2) is 0 Å². The Morgan fingerprint density at radius 1 is 1.25 bits per heavy atom. The molecule has 1 unspecified atom stereocenters. The number of carbonyl (C=O) groups excluding carboxylic acids is 1. The molecule has 1 atom stereocenters. The van der Waals surface area contributed by atoms with E-state index in [0.29, 0.717) is 6.54 Å². The largest absolute Gasteiger partial charge is 0.393 e. The van der Waals surface area contributed by atoms with E-state index in [0.717, 1.165) is 63.5 Å². The summed E-state index contributed by atoms with van der Waals surface area (Å²) in [5.74, 6) is 2.14. The number of aliphatic hydroxyl groups is 1. The van der Waals surface area contributed by atoms with Crippen LogP contribution in [-0.4, -0.2) is 74.4 Å². The Labute approximate surface area is 142 Å². The van der Waals surface area contributed by atoms with Crippen molar-refractivity contribution in [2.45, 2.75) is 44.2 Å². The fourth-order valence-corrected chi connectivity index (χ4v) is 3.69. The summed E-state index contributed by atoms with van der Waals surface area (Å²) >= 11 is 0. The van der Waals surface area contributed by atoms with Crippen LogP contribution in [0.15, 0.2) is 0 Å². The van der Waals surface area contributed by atoms with Gasteiger partial charge < -0.3 is 20.3 Å². The lowest BCUT2D eigenvalue weighted by molar-refractivity contribution is -0.130. The van der Waals surface area contributed by atoms with Crippen molar-refractivity contribution in [3.8, 4) is 0 Å². The van der Waals surface area contributed by atoms with Crippen molar-refractivity contribution in [1.82, 2.24) is 24.6 Å². The van der Waals surface area contributed by atoms with Crippen molar-refractivity contribution in [3.05, 3.63) is 11.6 Å². The van der Waals surface area contributed by atoms with Crippen LogP contribution in [0.1, 0.15) is 43.3 Å². The average molecular weight is 336 g/mol. The van der Waals surface area contributed by atoms with Gasteiger partial charge in [0.25, 0.3) is 0 Å². The maximum Gasteiger partial charge on any atom is 0.236 e. The van der Waals surface area contributed by atoms with Crippen LogP contribution in [0.25, 0.3) is 0 Å². The maximum atomic E-state index is 11.9. The molecule has 1 aromatic heterocycles. The van der Waals surface area contributed by atoms with Gasteiger partial charge in [-0.1, -0.05) is 0 Å². The van der Waals surface area contributed by atoms with Crippen LogP contribution in [0.3, 0.4) is 0 Å². The van der Waals surface area contributed by atoms with Crippen molar-refractivity contribution in [2.75, 3.05) is 32.7 Å². The molecule has 24 heavy (non-hydrogen) atoms. The van der Waals surface area contributed by atoms with E-state index in [4.69, 9.17) is 5.73 Å². The molecule has 2 saturated heterocycles. The SMILES string of the molecule is Cn1c(CN2CCC(O)CC2)nnc1C1CCCN(C(=O)CN)C1. The third kappa shape index (κ3) is 3.76. The minimum absolute atomic E-state index is 0.00830. The molecule has 134 valence electrons. The average Bonchev–Trinajstić information content (AvgIpc) is 2.97. The Hall–Kier alpha value is -1.51. The van der Waals surface area contributed by atoms with E-state index < -0.39 is 0 Å². The molecule has 3 rings (SSSR count). The van der Waals surface area contributed by atoms with Crippen molar-refractivity contribution in [2.24, 2.45) is 12.8 Å². The summed E-state index contributed by atoms with van der Waals surface area (Å²) in [6, 6.07) is 0. The minimum Gasteiger partial charge on any atom is -0.393 e. The number of nitrogens with zero attached hydrogens (tertiary/aromatic N) is 5. The predicted octanol–water partition coefficient (Wildman–Crippen LogP) is -0.563. The molecule has 0 aromatic carbocycles. The number of piperidine rings is 2. The summed E-state index contributed by atoms with van der Waals surface area (Å²) in [4.78, 5) is 16.0. The zero-order valence-electron chi connectivity index (χ0n) is 14.4. The monoisotopic (exact) mass is 336 g/mol. The Morgan fingerprint density at radius 2 is 2.00 bits per heavy atom. The minimum atomic E-state index is -0.162. The van der Waals surface area contributed by atoms with Crippen LogP contribution in [-0.2, 0) is 18.4 Å². The molecule has 2 aliphatic rings. The van der Waals surface area contributed by atoms with E-state index in [1.165, 1.54) is 0 Å². The second-order valence-electron chi connectivity index (χ2n) is 6.92. The highest BCUT2D eigenvalue weighted by atomic mass is 16.3. The predicted molar refractivity (Wildman–Crippen MR) is 89.1 cm³/mol. The first-order valence-electron chi connectivity index (χ1n) is 8.85. The number of hydrogen-bond donors (Lipinski definition) is 2. The van der Waals surface area contributed by atoms with Gasteiger partial charge in [-0.2, -0.15) is 0 Å². The van der Waals surface area contributed by atoms with Gasteiger partial charge in [-0.15, -0.1) is 10.2 Å². The third-order valence-corrected chi connectivity index (χ3v) is 5.23. The first-order valence-corrected chi connectivity index (χ1v) is 8.85. The normalized spacial score (nSPS) is 23.6. The molecule has 8 nitrogen and oxygen atoms in total. The van der Waals surface area contributed by atoms with E-state index in [1.807, 2.05) is 11.9 Å². The highest BCUT2D eigenvalue weighted by molar-refractivity contribution is 5.78. The van der Waals surface area contributed by atoms with Gasteiger partial charge in [-0.3, -0.25) is 9.69 Å². The van der Waals surface area contributed by atoms with Crippen molar-refractivity contribution in [1.29, 1.82) is 0 Å². The van der Waals surface area contributed by atoms with Crippen molar-refractivity contribution >= 4 is 5.91 Å². The van der Waals surface area contributed by atoms with Crippen LogP contribution < -0.4 is 5.73 Å². The zero-order valence-corrected chi connectivity index (χ0v) is 14.4. The van der Waals surface area contributed by atoms with Gasteiger partial charge in [0, 0.05) is 39.1 Å². The zero-order chi connectivity index (χ0) is 17.1. The fraction of sp³-hybridized carbons (Fsp3) is 0.812. The number of hydrogen-bond acceptors (Lipinski definition) is 6. The quantitative estimate of drug-likeness (QED) is 0.764.